The summed E-state index contributed by atoms with van der Waals surface area (Å²) in [6, 6.07) is 10.2. The Morgan fingerprint density at radius 2 is 1.76 bits per heavy atom. The summed E-state index contributed by atoms with van der Waals surface area (Å²) in [6.07, 6.45) is 0. The molecule has 0 fully saturated rings. The quantitative estimate of drug-likeness (QED) is 0.364. The van der Waals surface area contributed by atoms with Gasteiger partial charge >= 0.3 is 5.97 Å². The maximum atomic E-state index is 12.1. The minimum Gasteiger partial charge on any atom is -0.497 e. The van der Waals surface area contributed by atoms with E-state index in [4.69, 9.17) is 9.47 Å². The van der Waals surface area contributed by atoms with Gasteiger partial charge in [-0.25, -0.2) is 4.79 Å². The van der Waals surface area contributed by atoms with Crippen LogP contribution in [0.5, 0.6) is 11.5 Å². The molecule has 6 nitrogen and oxygen atoms in total. The van der Waals surface area contributed by atoms with Crippen molar-refractivity contribution in [2.24, 2.45) is 0 Å². The first-order valence-electron chi connectivity index (χ1n) is 5.81. The summed E-state index contributed by atoms with van der Waals surface area (Å²) in [6.45, 7) is 0. The Morgan fingerprint density at radius 3 is 2.33 bits per heavy atom. The summed E-state index contributed by atoms with van der Waals surface area (Å²) in [5.41, 5.74) is 0.227. The first-order chi connectivity index (χ1) is 10.0. The molecule has 0 heterocycles. The van der Waals surface area contributed by atoms with Gasteiger partial charge in [0.25, 0.3) is 5.69 Å². The van der Waals surface area contributed by atoms with Crippen molar-refractivity contribution in [2.45, 2.75) is 0 Å². The van der Waals surface area contributed by atoms with Crippen molar-refractivity contribution in [3.63, 3.8) is 0 Å². The van der Waals surface area contributed by atoms with Gasteiger partial charge in [-0.1, -0.05) is 0 Å². The number of non-ortho nitro benzene ring substituents is 1. The predicted octanol–water partition coefficient (Wildman–Crippen LogP) is 3.59. The number of benzene rings is 2. The number of rotatable bonds is 4. The van der Waals surface area contributed by atoms with Gasteiger partial charge < -0.3 is 9.47 Å². The minimum atomic E-state index is -0.588. The summed E-state index contributed by atoms with van der Waals surface area (Å²) >= 11 is 3.26. The van der Waals surface area contributed by atoms with Crippen LogP contribution >= 0.6 is 15.9 Å². The van der Waals surface area contributed by atoms with Crippen molar-refractivity contribution in [3.8, 4) is 11.5 Å². The molecule has 108 valence electrons. The zero-order valence-corrected chi connectivity index (χ0v) is 12.5. The van der Waals surface area contributed by atoms with E-state index in [-0.39, 0.29) is 11.4 Å². The normalized spacial score (nSPS) is 10.0. The number of hydrogen-bond donors (Lipinski definition) is 0. The summed E-state index contributed by atoms with van der Waals surface area (Å²) in [4.78, 5) is 22.1. The number of ether oxygens (including phenoxy) is 2. The van der Waals surface area contributed by atoms with Crippen molar-refractivity contribution in [3.05, 3.63) is 62.6 Å². The van der Waals surface area contributed by atoms with Crippen molar-refractivity contribution in [2.75, 3.05) is 7.11 Å². The largest absolute Gasteiger partial charge is 0.497 e. The van der Waals surface area contributed by atoms with E-state index in [2.05, 4.69) is 15.9 Å². The third kappa shape index (κ3) is 3.57. The van der Waals surface area contributed by atoms with Crippen molar-refractivity contribution >= 4 is 27.6 Å². The van der Waals surface area contributed by atoms with Crippen LogP contribution in [0.1, 0.15) is 10.4 Å². The summed E-state index contributed by atoms with van der Waals surface area (Å²) in [5.74, 6) is 0.156. The van der Waals surface area contributed by atoms with E-state index in [9.17, 15) is 14.9 Å². The van der Waals surface area contributed by atoms with Crippen LogP contribution in [0.3, 0.4) is 0 Å². The van der Waals surface area contributed by atoms with E-state index < -0.39 is 10.9 Å². The molecule has 2 aromatic rings. The van der Waals surface area contributed by atoms with Gasteiger partial charge in [-0.2, -0.15) is 0 Å². The van der Waals surface area contributed by atoms with Gasteiger partial charge in [-0.05, 0) is 46.3 Å². The second-order valence-electron chi connectivity index (χ2n) is 3.99. The molecule has 0 spiro atoms. The Bertz CT molecular complexity index is 684. The van der Waals surface area contributed by atoms with Crippen molar-refractivity contribution < 1.29 is 19.2 Å². The van der Waals surface area contributed by atoms with Gasteiger partial charge in [0.1, 0.15) is 11.5 Å². The monoisotopic (exact) mass is 351 g/mol. The van der Waals surface area contributed by atoms with Crippen LogP contribution in [0.2, 0.25) is 0 Å². The lowest BCUT2D eigenvalue weighted by Crippen LogP contribution is -2.09. The average Bonchev–Trinajstić information content (AvgIpc) is 2.48. The molecule has 0 atom stereocenters. The van der Waals surface area contributed by atoms with Crippen molar-refractivity contribution in [1.82, 2.24) is 0 Å². The molecule has 0 unspecified atom stereocenters. The van der Waals surface area contributed by atoms with Crippen LogP contribution in [0.4, 0.5) is 5.69 Å². The Hall–Kier alpha value is -2.41. The molecule has 7 heteroatoms. The second kappa shape index (κ2) is 6.36. The molecule has 0 radical (unpaired) electrons. The fraction of sp³-hybridized carbons (Fsp3) is 0.0714. The molecule has 0 aromatic heterocycles. The van der Waals surface area contributed by atoms with Crippen LogP contribution in [0.25, 0.3) is 0 Å². The predicted molar refractivity (Wildman–Crippen MR) is 78.7 cm³/mol. The number of nitro benzene ring substituents is 1. The Balaban J connectivity index is 2.19. The Labute approximate surface area is 128 Å². The second-order valence-corrected chi connectivity index (χ2v) is 4.84. The minimum absolute atomic E-state index is 0.0719. The molecular weight excluding hydrogens is 342 g/mol. The highest BCUT2D eigenvalue weighted by Gasteiger charge is 2.14. The molecule has 0 saturated heterocycles. The van der Waals surface area contributed by atoms with E-state index in [1.165, 1.54) is 37.4 Å². The summed E-state index contributed by atoms with van der Waals surface area (Å²) < 4.78 is 10.8. The topological polar surface area (TPSA) is 78.7 Å². The fourth-order valence-electron chi connectivity index (χ4n) is 1.59. The molecule has 0 N–H and O–H groups in total. The standard InChI is InChI=1S/C14H10BrNO5/c1-20-11-6-7-13(15)12(8-11)14(17)21-10-4-2-9(3-5-10)16(18)19/h2-8H,1H3. The SMILES string of the molecule is COc1ccc(Br)c(C(=O)Oc2ccc([N+](=O)[O-])cc2)c1. The van der Waals surface area contributed by atoms with Gasteiger partial charge in [-0.3, -0.25) is 10.1 Å². The first kappa shape index (κ1) is 15.0. The van der Waals surface area contributed by atoms with Crippen LogP contribution in [-0.4, -0.2) is 18.0 Å². The van der Waals surface area contributed by atoms with Crippen LogP contribution in [0, 0.1) is 10.1 Å². The molecule has 2 aromatic carbocycles. The zero-order chi connectivity index (χ0) is 15.4. The lowest BCUT2D eigenvalue weighted by Gasteiger charge is -2.07. The summed E-state index contributed by atoms with van der Waals surface area (Å²) in [7, 11) is 1.49. The number of carbonyl (C=O) groups excluding carboxylic acids is 1. The Kier molecular flexibility index (Phi) is 4.54. The molecule has 0 aliphatic rings. The number of carbonyl (C=O) groups is 1. The fourth-order valence-corrected chi connectivity index (χ4v) is 1.99. The van der Waals surface area contributed by atoms with Gasteiger partial charge in [0.05, 0.1) is 17.6 Å². The maximum absolute atomic E-state index is 12.1. The molecule has 21 heavy (non-hydrogen) atoms. The highest BCUT2D eigenvalue weighted by molar-refractivity contribution is 9.10. The number of hydrogen-bond acceptors (Lipinski definition) is 5. The van der Waals surface area contributed by atoms with E-state index in [0.717, 1.165) is 0 Å². The van der Waals surface area contributed by atoms with Crippen molar-refractivity contribution in [1.29, 1.82) is 0 Å². The van der Waals surface area contributed by atoms with Gasteiger partial charge in [-0.15, -0.1) is 0 Å². The molecule has 2 rings (SSSR count). The third-order valence-corrected chi connectivity index (χ3v) is 3.34. The number of methoxy groups -OCH3 is 1. The third-order valence-electron chi connectivity index (χ3n) is 2.65. The van der Waals surface area contributed by atoms with Crippen LogP contribution in [-0.2, 0) is 0 Å². The maximum Gasteiger partial charge on any atom is 0.344 e. The molecule has 0 amide bonds. The number of esters is 1. The lowest BCUT2D eigenvalue weighted by molar-refractivity contribution is -0.384. The van der Waals surface area contributed by atoms with Gasteiger partial charge in [0.15, 0.2) is 0 Å². The average molecular weight is 352 g/mol. The number of halogens is 1. The molecule has 0 aliphatic carbocycles. The summed E-state index contributed by atoms with van der Waals surface area (Å²) in [5, 5.41) is 10.5. The van der Waals surface area contributed by atoms with Gasteiger partial charge in [0.2, 0.25) is 0 Å². The highest BCUT2D eigenvalue weighted by Crippen LogP contribution is 2.25. The van der Waals surface area contributed by atoms with E-state index >= 15 is 0 Å². The highest BCUT2D eigenvalue weighted by atomic mass is 79.9. The molecule has 0 aliphatic heterocycles. The lowest BCUT2D eigenvalue weighted by atomic mass is 10.2. The molecular formula is C14H10BrNO5. The van der Waals surface area contributed by atoms with Gasteiger partial charge in [0, 0.05) is 16.6 Å². The number of nitro groups is 1. The number of nitrogens with zero attached hydrogens (tertiary/aromatic N) is 1. The smallest absolute Gasteiger partial charge is 0.344 e. The zero-order valence-electron chi connectivity index (χ0n) is 10.9. The van der Waals surface area contributed by atoms with E-state index in [0.29, 0.717) is 15.8 Å². The Morgan fingerprint density at radius 1 is 1.14 bits per heavy atom. The first-order valence-corrected chi connectivity index (χ1v) is 6.60. The molecule has 0 bridgehead atoms. The van der Waals surface area contributed by atoms with Crippen LogP contribution < -0.4 is 9.47 Å². The molecule has 0 saturated carbocycles. The van der Waals surface area contributed by atoms with Crippen LogP contribution in [0.15, 0.2) is 46.9 Å². The van der Waals surface area contributed by atoms with E-state index in [1.54, 1.807) is 12.1 Å². The van der Waals surface area contributed by atoms with E-state index in [1.807, 2.05) is 0 Å².